The van der Waals surface area contributed by atoms with Crippen LogP contribution in [0.15, 0.2) is 42.6 Å². The lowest BCUT2D eigenvalue weighted by Gasteiger charge is -2.27. The zero-order valence-corrected chi connectivity index (χ0v) is 15.4. The molecule has 0 bridgehead atoms. The Balaban J connectivity index is 1.58. The molecule has 0 saturated carbocycles. The van der Waals surface area contributed by atoms with Gasteiger partial charge in [-0.05, 0) is 29.8 Å². The molecule has 0 spiro atoms. The Labute approximate surface area is 164 Å². The number of aromatic nitrogens is 2. The molecule has 7 nitrogen and oxygen atoms in total. The average Bonchev–Trinajstić information content (AvgIpc) is 2.69. The number of carbonyl (C=O) groups is 1. The first-order valence-electron chi connectivity index (χ1n) is 9.13. The molecule has 1 aliphatic rings. The third kappa shape index (κ3) is 4.47. The van der Waals surface area contributed by atoms with Crippen LogP contribution in [0.25, 0.3) is 10.9 Å². The van der Waals surface area contributed by atoms with Crippen LogP contribution in [-0.2, 0) is 16.1 Å². The van der Waals surface area contributed by atoms with Crippen molar-refractivity contribution in [3.63, 3.8) is 0 Å². The lowest BCUT2D eigenvalue weighted by molar-refractivity contribution is -0.105. The van der Waals surface area contributed by atoms with E-state index >= 15 is 0 Å². The van der Waals surface area contributed by atoms with Crippen LogP contribution in [0.1, 0.15) is 5.56 Å². The molecule has 1 aliphatic heterocycles. The Morgan fingerprint density at radius 1 is 1.14 bits per heavy atom. The second-order valence-corrected chi connectivity index (χ2v) is 6.71. The summed E-state index contributed by atoms with van der Waals surface area (Å²) in [6.45, 7) is 4.06. The van der Waals surface area contributed by atoms with Gasteiger partial charge in [0.15, 0.2) is 0 Å². The van der Waals surface area contributed by atoms with Crippen LogP contribution in [-0.4, -0.2) is 55.4 Å². The Morgan fingerprint density at radius 2 is 1.96 bits per heavy atom. The van der Waals surface area contributed by atoms with Crippen molar-refractivity contribution in [3.05, 3.63) is 48.2 Å². The summed E-state index contributed by atoms with van der Waals surface area (Å²) in [6, 6.07) is 11.4. The molecule has 3 aromatic rings. The van der Waals surface area contributed by atoms with Gasteiger partial charge in [0.05, 0.1) is 18.7 Å². The van der Waals surface area contributed by atoms with E-state index in [0.29, 0.717) is 17.8 Å². The molecular formula is C20H20BN5O2. The molecule has 2 aromatic carbocycles. The number of fused-ring (bicyclic) bond motifs is 1. The van der Waals surface area contributed by atoms with E-state index in [1.807, 2.05) is 36.4 Å². The standard InChI is InChI=1S/C20H20BN5O2/c21-16-1-2-19-15(9-16)11-22-20(25-19)24-18-8-14(7-17(10-18)23-13-27)12-26-3-5-28-6-4-26/h1-2,7-11,13H,3-6,12H2,(H,23,27)(H,22,24,25). The Kier molecular flexibility index (Phi) is 5.50. The molecule has 1 fully saturated rings. The van der Waals surface area contributed by atoms with E-state index < -0.39 is 0 Å². The van der Waals surface area contributed by atoms with Crippen LogP contribution in [0.3, 0.4) is 0 Å². The number of amides is 1. The van der Waals surface area contributed by atoms with E-state index in [1.54, 1.807) is 6.20 Å². The quantitative estimate of drug-likeness (QED) is 0.505. The highest BCUT2D eigenvalue weighted by atomic mass is 16.5. The molecule has 0 aliphatic carbocycles. The number of hydrogen-bond acceptors (Lipinski definition) is 6. The highest BCUT2D eigenvalue weighted by Crippen LogP contribution is 2.23. The number of carbonyl (C=O) groups excluding carboxylic acids is 1. The summed E-state index contributed by atoms with van der Waals surface area (Å²) in [4.78, 5) is 22.2. The van der Waals surface area contributed by atoms with E-state index in [2.05, 4.69) is 25.5 Å². The van der Waals surface area contributed by atoms with Crippen LogP contribution in [0.5, 0.6) is 0 Å². The van der Waals surface area contributed by atoms with Gasteiger partial charge in [0, 0.05) is 42.6 Å². The number of nitrogens with one attached hydrogen (secondary N) is 2. The van der Waals surface area contributed by atoms with Gasteiger partial charge in [-0.1, -0.05) is 17.6 Å². The van der Waals surface area contributed by atoms with Gasteiger partial charge in [0.25, 0.3) is 0 Å². The number of benzene rings is 2. The molecule has 2 radical (unpaired) electrons. The first kappa shape index (κ1) is 18.4. The molecule has 0 atom stereocenters. The molecule has 2 N–H and O–H groups in total. The second-order valence-electron chi connectivity index (χ2n) is 6.71. The SMILES string of the molecule is [B]c1ccc2nc(Nc3cc(CN4CCOCC4)cc(NC=O)c3)ncc2c1. The van der Waals surface area contributed by atoms with Crippen molar-refractivity contribution in [2.24, 2.45) is 0 Å². The van der Waals surface area contributed by atoms with Crippen LogP contribution >= 0.6 is 0 Å². The average molecular weight is 373 g/mol. The fourth-order valence-electron chi connectivity index (χ4n) is 3.27. The van der Waals surface area contributed by atoms with E-state index in [0.717, 1.165) is 60.7 Å². The molecule has 1 amide bonds. The lowest BCUT2D eigenvalue weighted by atomic mass is 9.95. The topological polar surface area (TPSA) is 79.4 Å². The molecule has 140 valence electrons. The predicted octanol–water partition coefficient (Wildman–Crippen LogP) is 1.57. The van der Waals surface area contributed by atoms with Crippen molar-refractivity contribution < 1.29 is 9.53 Å². The summed E-state index contributed by atoms with van der Waals surface area (Å²) in [6.07, 6.45) is 2.41. The highest BCUT2D eigenvalue weighted by Gasteiger charge is 2.12. The first-order valence-corrected chi connectivity index (χ1v) is 9.13. The van der Waals surface area contributed by atoms with Crippen LogP contribution < -0.4 is 16.1 Å². The zero-order chi connectivity index (χ0) is 19.3. The molecule has 1 aromatic heterocycles. The van der Waals surface area contributed by atoms with E-state index in [9.17, 15) is 4.79 Å². The minimum atomic E-state index is 0.484. The van der Waals surface area contributed by atoms with E-state index in [4.69, 9.17) is 12.6 Å². The third-order valence-corrected chi connectivity index (χ3v) is 4.59. The van der Waals surface area contributed by atoms with Crippen molar-refractivity contribution in [2.45, 2.75) is 6.54 Å². The number of anilines is 3. The summed E-state index contributed by atoms with van der Waals surface area (Å²) in [5, 5.41) is 6.85. The predicted molar refractivity (Wildman–Crippen MR) is 110 cm³/mol. The van der Waals surface area contributed by atoms with Gasteiger partial charge in [-0.25, -0.2) is 9.97 Å². The number of ether oxygens (including phenoxy) is 1. The van der Waals surface area contributed by atoms with Gasteiger partial charge in [0.1, 0.15) is 7.85 Å². The number of hydrogen-bond donors (Lipinski definition) is 2. The molecule has 8 heteroatoms. The zero-order valence-electron chi connectivity index (χ0n) is 15.4. The third-order valence-electron chi connectivity index (χ3n) is 4.59. The number of morpholine rings is 1. The van der Waals surface area contributed by atoms with Gasteiger partial charge in [0.2, 0.25) is 12.4 Å². The summed E-state index contributed by atoms with van der Waals surface area (Å²) in [7, 11) is 5.81. The number of rotatable bonds is 6. The second kappa shape index (κ2) is 8.37. The molecule has 2 heterocycles. The van der Waals surface area contributed by atoms with Crippen LogP contribution in [0.2, 0.25) is 0 Å². The maximum Gasteiger partial charge on any atom is 0.227 e. The van der Waals surface area contributed by atoms with Crippen LogP contribution in [0.4, 0.5) is 17.3 Å². The Morgan fingerprint density at radius 3 is 2.79 bits per heavy atom. The van der Waals surface area contributed by atoms with Gasteiger partial charge < -0.3 is 15.4 Å². The summed E-state index contributed by atoms with van der Waals surface area (Å²) in [5.41, 5.74) is 4.10. The molecule has 4 rings (SSSR count). The lowest BCUT2D eigenvalue weighted by Crippen LogP contribution is -2.35. The minimum absolute atomic E-state index is 0.484. The minimum Gasteiger partial charge on any atom is -0.379 e. The van der Waals surface area contributed by atoms with Gasteiger partial charge in [-0.3, -0.25) is 9.69 Å². The van der Waals surface area contributed by atoms with Crippen molar-refractivity contribution in [3.8, 4) is 0 Å². The van der Waals surface area contributed by atoms with Gasteiger partial charge in [-0.2, -0.15) is 0 Å². The monoisotopic (exact) mass is 373 g/mol. The maximum atomic E-state index is 10.9. The van der Waals surface area contributed by atoms with Gasteiger partial charge >= 0.3 is 0 Å². The largest absolute Gasteiger partial charge is 0.379 e. The summed E-state index contributed by atoms with van der Waals surface area (Å²) in [5.74, 6) is 0.484. The Hall–Kier alpha value is -2.97. The van der Waals surface area contributed by atoms with E-state index in [1.165, 1.54) is 0 Å². The normalized spacial score (nSPS) is 14.7. The highest BCUT2D eigenvalue weighted by molar-refractivity contribution is 6.33. The molecule has 0 unspecified atom stereocenters. The summed E-state index contributed by atoms with van der Waals surface area (Å²) >= 11 is 0. The molecular weight excluding hydrogens is 353 g/mol. The number of nitrogens with zero attached hydrogens (tertiary/aromatic N) is 3. The fraction of sp³-hybridized carbons (Fsp3) is 0.250. The van der Waals surface area contributed by atoms with Crippen molar-refractivity contribution in [1.29, 1.82) is 0 Å². The molecule has 1 saturated heterocycles. The summed E-state index contributed by atoms with van der Waals surface area (Å²) < 4.78 is 5.41. The van der Waals surface area contributed by atoms with Crippen molar-refractivity contribution in [1.82, 2.24) is 14.9 Å². The first-order chi connectivity index (χ1) is 13.7. The Bertz CT molecular complexity index is 991. The fourth-order valence-corrected chi connectivity index (χ4v) is 3.27. The van der Waals surface area contributed by atoms with Gasteiger partial charge in [-0.15, -0.1) is 0 Å². The molecule has 28 heavy (non-hydrogen) atoms. The smallest absolute Gasteiger partial charge is 0.227 e. The maximum absolute atomic E-state index is 10.9. The van der Waals surface area contributed by atoms with Crippen LogP contribution in [0, 0.1) is 0 Å². The van der Waals surface area contributed by atoms with Crippen molar-refractivity contribution >= 4 is 47.9 Å². The van der Waals surface area contributed by atoms with E-state index in [-0.39, 0.29) is 0 Å². The van der Waals surface area contributed by atoms with Crippen molar-refractivity contribution in [2.75, 3.05) is 36.9 Å².